The molecule has 1 atom stereocenters. The van der Waals surface area contributed by atoms with Crippen LogP contribution in [0.2, 0.25) is 0 Å². The third-order valence-corrected chi connectivity index (χ3v) is 1.61. The summed E-state index contributed by atoms with van der Waals surface area (Å²) >= 11 is 0. The van der Waals surface area contributed by atoms with E-state index in [1.165, 1.54) is 13.5 Å². The van der Waals surface area contributed by atoms with Crippen molar-refractivity contribution in [1.29, 1.82) is 5.26 Å². The maximum Gasteiger partial charge on any atom is 0.239 e. The van der Waals surface area contributed by atoms with Crippen molar-refractivity contribution in [3.05, 3.63) is 6.42 Å². The Morgan fingerprint density at radius 2 is 2.23 bits per heavy atom. The minimum Gasteiger partial charge on any atom is -0.369 e. The number of carbonyl (C=O) groups is 2. The van der Waals surface area contributed by atoms with Crippen molar-refractivity contribution in [2.45, 2.75) is 13.3 Å². The van der Waals surface area contributed by atoms with Gasteiger partial charge in [0.15, 0.2) is 6.19 Å². The van der Waals surface area contributed by atoms with Crippen molar-refractivity contribution in [3.63, 3.8) is 0 Å². The van der Waals surface area contributed by atoms with E-state index in [1.54, 1.807) is 13.1 Å². The first-order valence-electron chi connectivity index (χ1n) is 3.79. The third-order valence-electron chi connectivity index (χ3n) is 1.61. The van der Waals surface area contributed by atoms with Gasteiger partial charge in [0.1, 0.15) is 0 Å². The van der Waals surface area contributed by atoms with Crippen LogP contribution in [-0.2, 0) is 9.59 Å². The fourth-order valence-electron chi connectivity index (χ4n) is 0.580. The summed E-state index contributed by atoms with van der Waals surface area (Å²) in [6, 6.07) is 0. The van der Waals surface area contributed by atoms with E-state index in [0.717, 1.165) is 4.90 Å². The van der Waals surface area contributed by atoms with E-state index in [4.69, 9.17) is 11.0 Å². The Labute approximate surface area is 77.1 Å². The lowest BCUT2D eigenvalue weighted by atomic mass is 10.1. The Hall–Kier alpha value is -1.57. The van der Waals surface area contributed by atoms with E-state index in [1.807, 2.05) is 0 Å². The number of hydrogen-bond donors (Lipinski definition) is 1. The lowest BCUT2D eigenvalue weighted by molar-refractivity contribution is -0.124. The highest BCUT2D eigenvalue weighted by Gasteiger charge is 2.13. The molecule has 0 aromatic carbocycles. The molecule has 71 valence electrons. The second-order valence-electron chi connectivity index (χ2n) is 2.74. The number of amides is 2. The van der Waals surface area contributed by atoms with Crippen LogP contribution < -0.4 is 5.73 Å². The highest BCUT2D eigenvalue weighted by Crippen LogP contribution is 2.04. The maximum absolute atomic E-state index is 11.0. The highest BCUT2D eigenvalue weighted by atomic mass is 16.2. The zero-order valence-electron chi connectivity index (χ0n) is 7.65. The summed E-state index contributed by atoms with van der Waals surface area (Å²) in [5.41, 5.74) is 4.98. The Kier molecular flexibility index (Phi) is 4.52. The van der Waals surface area contributed by atoms with Crippen LogP contribution in [0.5, 0.6) is 0 Å². The van der Waals surface area contributed by atoms with Crippen LogP contribution in [0.15, 0.2) is 0 Å². The minimum absolute atomic E-state index is 0.264. The van der Waals surface area contributed by atoms with Crippen molar-refractivity contribution in [2.24, 2.45) is 11.7 Å². The van der Waals surface area contributed by atoms with Crippen LogP contribution >= 0.6 is 0 Å². The normalized spacial score (nSPS) is 11.5. The smallest absolute Gasteiger partial charge is 0.239 e. The van der Waals surface area contributed by atoms with Crippen LogP contribution in [0, 0.1) is 23.8 Å². The van der Waals surface area contributed by atoms with E-state index >= 15 is 0 Å². The average molecular weight is 182 g/mol. The largest absolute Gasteiger partial charge is 0.369 e. The van der Waals surface area contributed by atoms with Gasteiger partial charge >= 0.3 is 0 Å². The van der Waals surface area contributed by atoms with Gasteiger partial charge < -0.3 is 5.73 Å². The first-order valence-corrected chi connectivity index (χ1v) is 3.79. The van der Waals surface area contributed by atoms with E-state index in [-0.39, 0.29) is 12.3 Å². The zero-order valence-corrected chi connectivity index (χ0v) is 7.65. The van der Waals surface area contributed by atoms with Gasteiger partial charge in [0.2, 0.25) is 11.8 Å². The molecule has 0 spiro atoms. The molecule has 1 unspecified atom stereocenters. The molecule has 2 amide bonds. The van der Waals surface area contributed by atoms with E-state index in [9.17, 15) is 9.59 Å². The van der Waals surface area contributed by atoms with E-state index < -0.39 is 11.8 Å². The number of hydrogen-bond acceptors (Lipinski definition) is 3. The summed E-state index contributed by atoms with van der Waals surface area (Å²) in [5, 5.41) is 8.32. The van der Waals surface area contributed by atoms with Gasteiger partial charge in [-0.1, -0.05) is 6.92 Å². The first-order chi connectivity index (χ1) is 5.99. The summed E-state index contributed by atoms with van der Waals surface area (Å²) in [6.45, 7) is 1.62. The number of nitriles is 1. The number of carbonyl (C=O) groups excluding carboxylic acids is 2. The summed E-state index contributed by atoms with van der Waals surface area (Å²) in [5.74, 6) is -1.25. The molecule has 0 aliphatic rings. The van der Waals surface area contributed by atoms with Gasteiger partial charge in [-0.3, -0.25) is 14.5 Å². The van der Waals surface area contributed by atoms with E-state index in [2.05, 4.69) is 0 Å². The molecule has 0 fully saturated rings. The van der Waals surface area contributed by atoms with Crippen molar-refractivity contribution in [3.8, 4) is 6.19 Å². The molecule has 0 aromatic rings. The Morgan fingerprint density at radius 3 is 2.62 bits per heavy atom. The molecule has 2 N–H and O–H groups in total. The number of rotatable bonds is 4. The lowest BCUT2D eigenvalue weighted by Crippen LogP contribution is -2.25. The molecular weight excluding hydrogens is 170 g/mol. The second kappa shape index (κ2) is 5.14. The third kappa shape index (κ3) is 4.11. The maximum atomic E-state index is 11.0. The molecular formula is C8H12N3O2. The molecule has 0 aliphatic carbocycles. The molecule has 0 aromatic heterocycles. The molecule has 0 heterocycles. The Bertz CT molecular complexity index is 244. The van der Waals surface area contributed by atoms with Gasteiger partial charge in [0, 0.05) is 13.0 Å². The van der Waals surface area contributed by atoms with E-state index in [0.29, 0.717) is 0 Å². The van der Waals surface area contributed by atoms with Crippen LogP contribution in [0.3, 0.4) is 0 Å². The molecule has 0 saturated carbocycles. The Balaban J connectivity index is 3.85. The van der Waals surface area contributed by atoms with Crippen LogP contribution in [0.1, 0.15) is 13.3 Å². The average Bonchev–Trinajstić information content (AvgIpc) is 2.11. The van der Waals surface area contributed by atoms with Gasteiger partial charge in [0.25, 0.3) is 0 Å². The van der Waals surface area contributed by atoms with Gasteiger partial charge in [0.05, 0.1) is 6.42 Å². The minimum atomic E-state index is -0.455. The van der Waals surface area contributed by atoms with Crippen molar-refractivity contribution in [1.82, 2.24) is 4.90 Å². The standard InChI is InChI=1S/C8H12N3O2/c1-6(8(10)13)3-4-7(12)11(2)5-9/h4,6H,3H2,1-2H3,(H2,10,13). The monoisotopic (exact) mass is 182 g/mol. The SMILES string of the molecule is CC(C[CH]C(=O)N(C)C#N)C(N)=O. The van der Waals surface area contributed by atoms with Crippen molar-refractivity contribution in [2.75, 3.05) is 7.05 Å². The molecule has 0 aliphatic heterocycles. The summed E-state index contributed by atoms with van der Waals surface area (Å²) in [7, 11) is 1.35. The quantitative estimate of drug-likeness (QED) is 0.475. The van der Waals surface area contributed by atoms with Crippen LogP contribution in [0.25, 0.3) is 0 Å². The van der Waals surface area contributed by atoms with Crippen molar-refractivity contribution < 1.29 is 9.59 Å². The molecule has 13 heavy (non-hydrogen) atoms. The fourth-order valence-corrected chi connectivity index (χ4v) is 0.580. The topological polar surface area (TPSA) is 87.2 Å². The number of nitrogens with two attached hydrogens (primary N) is 1. The number of nitrogens with zero attached hydrogens (tertiary/aromatic N) is 2. The number of primary amides is 1. The van der Waals surface area contributed by atoms with Gasteiger partial charge in [-0.05, 0) is 6.42 Å². The van der Waals surface area contributed by atoms with Crippen LogP contribution in [0.4, 0.5) is 0 Å². The zero-order chi connectivity index (χ0) is 10.4. The first kappa shape index (κ1) is 11.4. The highest BCUT2D eigenvalue weighted by molar-refractivity contribution is 5.86. The predicted molar refractivity (Wildman–Crippen MR) is 45.7 cm³/mol. The molecule has 5 nitrogen and oxygen atoms in total. The summed E-state index contributed by atoms with van der Waals surface area (Å²) in [6.07, 6.45) is 3.19. The molecule has 5 heteroatoms. The lowest BCUT2D eigenvalue weighted by Gasteiger charge is -2.08. The Morgan fingerprint density at radius 1 is 1.69 bits per heavy atom. The predicted octanol–water partition coefficient (Wildman–Crippen LogP) is -0.358. The van der Waals surface area contributed by atoms with Crippen LogP contribution in [-0.4, -0.2) is 23.8 Å². The second-order valence-corrected chi connectivity index (χ2v) is 2.74. The van der Waals surface area contributed by atoms with Crippen molar-refractivity contribution >= 4 is 11.8 Å². The van der Waals surface area contributed by atoms with Gasteiger partial charge in [-0.2, -0.15) is 5.26 Å². The summed E-state index contributed by atoms with van der Waals surface area (Å²) < 4.78 is 0. The van der Waals surface area contributed by atoms with Gasteiger partial charge in [-0.25, -0.2) is 0 Å². The molecule has 0 rings (SSSR count). The van der Waals surface area contributed by atoms with Gasteiger partial charge in [-0.15, -0.1) is 0 Å². The molecule has 0 bridgehead atoms. The summed E-state index contributed by atoms with van der Waals surface area (Å²) in [4.78, 5) is 22.4. The molecule has 1 radical (unpaired) electrons. The fraction of sp³-hybridized carbons (Fsp3) is 0.500. The molecule has 0 saturated heterocycles.